The first kappa shape index (κ1) is 20.5. The van der Waals surface area contributed by atoms with Crippen LogP contribution in [-0.4, -0.2) is 42.0 Å². The first-order chi connectivity index (χ1) is 15.6. The lowest BCUT2D eigenvalue weighted by Gasteiger charge is -2.34. The third-order valence-corrected chi connectivity index (χ3v) is 7.11. The number of ether oxygens (including phenoxy) is 1. The molecular formula is C26H25N3O2S. The summed E-state index contributed by atoms with van der Waals surface area (Å²) in [5, 5.41) is 1.04. The fourth-order valence-electron chi connectivity index (χ4n) is 4.00. The van der Waals surface area contributed by atoms with Gasteiger partial charge in [0.05, 0.1) is 15.8 Å². The van der Waals surface area contributed by atoms with Gasteiger partial charge in [-0.3, -0.25) is 4.79 Å². The van der Waals surface area contributed by atoms with Gasteiger partial charge in [0.15, 0.2) is 5.13 Å². The molecule has 3 aromatic carbocycles. The Bertz CT molecular complexity index is 1220. The van der Waals surface area contributed by atoms with Crippen LogP contribution in [0.5, 0.6) is 11.5 Å². The molecule has 0 spiro atoms. The highest BCUT2D eigenvalue weighted by molar-refractivity contribution is 7.22. The summed E-state index contributed by atoms with van der Waals surface area (Å²) in [5.74, 6) is 1.31. The van der Waals surface area contributed by atoms with Crippen LogP contribution in [-0.2, 0) is 0 Å². The molecule has 0 radical (unpaired) electrons. The average molecular weight is 444 g/mol. The second-order valence-corrected chi connectivity index (χ2v) is 9.04. The molecule has 1 fully saturated rings. The van der Waals surface area contributed by atoms with Crippen molar-refractivity contribution in [3.05, 3.63) is 83.4 Å². The zero-order chi connectivity index (χ0) is 22.1. The van der Waals surface area contributed by atoms with Crippen molar-refractivity contribution in [1.29, 1.82) is 0 Å². The molecule has 4 aromatic rings. The number of hydrogen-bond acceptors (Lipinski definition) is 5. The normalized spacial score (nSPS) is 14.1. The fourth-order valence-corrected chi connectivity index (χ4v) is 5.17. The summed E-state index contributed by atoms with van der Waals surface area (Å²) < 4.78 is 7.26. The number of rotatable bonds is 4. The van der Waals surface area contributed by atoms with Gasteiger partial charge in [0.2, 0.25) is 0 Å². The van der Waals surface area contributed by atoms with Crippen LogP contribution < -0.4 is 9.64 Å². The van der Waals surface area contributed by atoms with Crippen LogP contribution in [0, 0.1) is 13.8 Å². The molecule has 1 aliphatic rings. The van der Waals surface area contributed by atoms with Gasteiger partial charge in [0.25, 0.3) is 5.91 Å². The van der Waals surface area contributed by atoms with Crippen LogP contribution >= 0.6 is 11.3 Å². The summed E-state index contributed by atoms with van der Waals surface area (Å²) in [6.07, 6.45) is 0. The molecule has 0 N–H and O–H groups in total. The maximum Gasteiger partial charge on any atom is 0.257 e. The molecule has 1 amide bonds. The van der Waals surface area contributed by atoms with Crippen LogP contribution in [0.4, 0.5) is 5.13 Å². The number of aryl methyl sites for hydroxylation is 2. The Morgan fingerprint density at radius 3 is 2.31 bits per heavy atom. The smallest absolute Gasteiger partial charge is 0.257 e. The number of benzene rings is 3. The lowest BCUT2D eigenvalue weighted by atomic mass is 10.1. The summed E-state index contributed by atoms with van der Waals surface area (Å²) in [6.45, 7) is 7.10. The number of anilines is 1. The molecular weight excluding hydrogens is 418 g/mol. The lowest BCUT2D eigenvalue weighted by molar-refractivity contribution is 0.0744. The number of piperazine rings is 1. The van der Waals surface area contributed by atoms with E-state index in [1.807, 2.05) is 59.5 Å². The van der Waals surface area contributed by atoms with Crippen LogP contribution in [0.25, 0.3) is 10.2 Å². The third-order valence-electron chi connectivity index (χ3n) is 5.86. The Kier molecular flexibility index (Phi) is 5.53. The van der Waals surface area contributed by atoms with E-state index in [4.69, 9.17) is 9.72 Å². The van der Waals surface area contributed by atoms with Gasteiger partial charge in [-0.2, -0.15) is 0 Å². The summed E-state index contributed by atoms with van der Waals surface area (Å²) in [4.78, 5) is 22.4. The molecule has 32 heavy (non-hydrogen) atoms. The molecule has 0 saturated carbocycles. The van der Waals surface area contributed by atoms with E-state index in [1.165, 1.54) is 15.8 Å². The maximum atomic E-state index is 13.3. The van der Waals surface area contributed by atoms with E-state index in [2.05, 4.69) is 30.9 Å². The largest absolute Gasteiger partial charge is 0.457 e. The predicted molar refractivity (Wildman–Crippen MR) is 130 cm³/mol. The highest BCUT2D eigenvalue weighted by atomic mass is 32.1. The molecule has 0 aliphatic carbocycles. The summed E-state index contributed by atoms with van der Waals surface area (Å²) in [7, 11) is 0. The summed E-state index contributed by atoms with van der Waals surface area (Å²) in [5.41, 5.74) is 4.15. The van der Waals surface area contributed by atoms with Crippen molar-refractivity contribution in [2.75, 3.05) is 31.1 Å². The van der Waals surface area contributed by atoms with E-state index in [9.17, 15) is 4.79 Å². The van der Waals surface area contributed by atoms with E-state index in [1.54, 1.807) is 11.3 Å². The minimum atomic E-state index is 0.00664. The fraction of sp³-hybridized carbons (Fsp3) is 0.231. The van der Waals surface area contributed by atoms with Crippen molar-refractivity contribution in [2.24, 2.45) is 0 Å². The monoisotopic (exact) mass is 443 g/mol. The maximum absolute atomic E-state index is 13.3. The predicted octanol–water partition coefficient (Wildman–Crippen LogP) is 5.67. The van der Waals surface area contributed by atoms with E-state index < -0.39 is 0 Å². The van der Waals surface area contributed by atoms with Gasteiger partial charge in [-0.05, 0) is 49.2 Å². The number of thiazole rings is 1. The Balaban J connectivity index is 1.30. The van der Waals surface area contributed by atoms with Crippen molar-refractivity contribution in [2.45, 2.75) is 13.8 Å². The van der Waals surface area contributed by atoms with E-state index in [0.29, 0.717) is 24.4 Å². The number of carbonyl (C=O) groups excluding carboxylic acids is 1. The van der Waals surface area contributed by atoms with Crippen molar-refractivity contribution in [1.82, 2.24) is 9.88 Å². The summed E-state index contributed by atoms with van der Waals surface area (Å²) >= 11 is 1.75. The van der Waals surface area contributed by atoms with Gasteiger partial charge in [-0.15, -0.1) is 0 Å². The van der Waals surface area contributed by atoms with E-state index in [0.717, 1.165) is 29.5 Å². The second kappa shape index (κ2) is 8.63. The van der Waals surface area contributed by atoms with E-state index >= 15 is 0 Å². The quantitative estimate of drug-likeness (QED) is 0.408. The number of aromatic nitrogens is 1. The van der Waals surface area contributed by atoms with Crippen LogP contribution in [0.3, 0.4) is 0 Å². The molecule has 162 valence electrons. The van der Waals surface area contributed by atoms with Crippen LogP contribution in [0.2, 0.25) is 0 Å². The van der Waals surface area contributed by atoms with Crippen LogP contribution in [0.15, 0.2) is 66.7 Å². The van der Waals surface area contributed by atoms with E-state index in [-0.39, 0.29) is 5.91 Å². The first-order valence-electron chi connectivity index (χ1n) is 10.8. The number of nitrogens with zero attached hydrogens (tertiary/aromatic N) is 3. The highest BCUT2D eigenvalue weighted by Gasteiger charge is 2.26. The van der Waals surface area contributed by atoms with Gasteiger partial charge >= 0.3 is 0 Å². The standard InChI is InChI=1S/C26H25N3O2S/c1-18-12-13-19(2)24-23(18)27-26(32-24)29-16-14-28(15-17-29)25(30)21-10-6-7-11-22(21)31-20-8-4-3-5-9-20/h3-13H,14-17H2,1-2H3. The Morgan fingerprint density at radius 1 is 0.875 bits per heavy atom. The van der Waals surface area contributed by atoms with Crippen molar-refractivity contribution in [3.8, 4) is 11.5 Å². The average Bonchev–Trinajstić information content (AvgIpc) is 3.29. The summed E-state index contributed by atoms with van der Waals surface area (Å²) in [6, 6.07) is 21.3. The topological polar surface area (TPSA) is 45.7 Å². The molecule has 6 heteroatoms. The number of hydrogen-bond donors (Lipinski definition) is 0. The Morgan fingerprint density at radius 2 is 1.56 bits per heavy atom. The molecule has 2 heterocycles. The van der Waals surface area contributed by atoms with Gasteiger partial charge in [-0.25, -0.2) is 4.98 Å². The minimum Gasteiger partial charge on any atom is -0.457 e. The Labute approximate surface area is 191 Å². The van der Waals surface area contributed by atoms with Crippen molar-refractivity contribution in [3.63, 3.8) is 0 Å². The number of amides is 1. The second-order valence-electron chi connectivity index (χ2n) is 8.06. The number of fused-ring (bicyclic) bond motifs is 1. The zero-order valence-electron chi connectivity index (χ0n) is 18.2. The zero-order valence-corrected chi connectivity index (χ0v) is 19.1. The number of para-hydroxylation sites is 2. The lowest BCUT2D eigenvalue weighted by Crippen LogP contribution is -2.48. The van der Waals surface area contributed by atoms with Gasteiger partial charge in [0.1, 0.15) is 11.5 Å². The molecule has 0 bridgehead atoms. The molecule has 1 aliphatic heterocycles. The molecule has 5 nitrogen and oxygen atoms in total. The highest BCUT2D eigenvalue weighted by Crippen LogP contribution is 2.34. The van der Waals surface area contributed by atoms with Gasteiger partial charge < -0.3 is 14.5 Å². The van der Waals surface area contributed by atoms with Gasteiger partial charge in [-0.1, -0.05) is 53.8 Å². The molecule has 0 atom stereocenters. The Hall–Kier alpha value is -3.38. The molecule has 1 saturated heterocycles. The molecule has 5 rings (SSSR count). The van der Waals surface area contributed by atoms with Crippen LogP contribution in [0.1, 0.15) is 21.5 Å². The third kappa shape index (κ3) is 3.94. The minimum absolute atomic E-state index is 0.00664. The molecule has 0 unspecified atom stereocenters. The number of carbonyl (C=O) groups is 1. The SMILES string of the molecule is Cc1ccc(C)c2sc(N3CCN(C(=O)c4ccccc4Oc4ccccc4)CC3)nc12. The molecule has 1 aromatic heterocycles. The van der Waals surface area contributed by atoms with Crippen molar-refractivity contribution < 1.29 is 9.53 Å². The van der Waals surface area contributed by atoms with Gasteiger partial charge in [0, 0.05) is 26.2 Å². The van der Waals surface area contributed by atoms with Crippen molar-refractivity contribution >= 4 is 32.6 Å². The first-order valence-corrected chi connectivity index (χ1v) is 11.6.